The minimum Gasteiger partial charge on any atom is -0.283 e. The first-order chi connectivity index (χ1) is 6.95. The molecule has 0 aliphatic carbocycles. The van der Waals surface area contributed by atoms with E-state index in [1.807, 2.05) is 6.92 Å². The zero-order valence-electron chi connectivity index (χ0n) is 8.70. The van der Waals surface area contributed by atoms with Crippen molar-refractivity contribution in [3.05, 3.63) is 29.3 Å². The molecule has 1 aromatic carbocycles. The molecule has 0 radical (unpaired) electrons. The molecule has 0 bridgehead atoms. The van der Waals surface area contributed by atoms with Crippen LogP contribution in [0.25, 0.3) is 0 Å². The van der Waals surface area contributed by atoms with Crippen LogP contribution in [0.5, 0.6) is 0 Å². The Bertz CT molecular complexity index is 431. The summed E-state index contributed by atoms with van der Waals surface area (Å²) in [5.41, 5.74) is 0.503. The monoisotopic (exact) mass is 247 g/mol. The summed E-state index contributed by atoms with van der Waals surface area (Å²) in [7, 11) is -3.29. The summed E-state index contributed by atoms with van der Waals surface area (Å²) in [5.74, 6) is 0. The van der Waals surface area contributed by atoms with Crippen LogP contribution in [0.15, 0.2) is 24.3 Å². The molecule has 0 heterocycles. The first-order valence-electron chi connectivity index (χ1n) is 4.73. The summed E-state index contributed by atoms with van der Waals surface area (Å²) in [5, 5.41) is 0.107. The number of anilines is 1. The molecule has 0 amide bonds. The fourth-order valence-corrected chi connectivity index (χ4v) is 2.32. The smallest absolute Gasteiger partial charge is 0.235 e. The Hall–Kier alpha value is -0.740. The number of hydrogen-bond acceptors (Lipinski definition) is 2. The van der Waals surface area contributed by atoms with Crippen molar-refractivity contribution in [2.45, 2.75) is 25.5 Å². The highest BCUT2D eigenvalue weighted by Crippen LogP contribution is 2.17. The summed E-state index contributed by atoms with van der Waals surface area (Å²) in [6.45, 7) is 3.51. The Balaban J connectivity index is 2.87. The molecule has 84 valence electrons. The van der Waals surface area contributed by atoms with Gasteiger partial charge in [-0.25, -0.2) is 8.42 Å². The lowest BCUT2D eigenvalue weighted by Crippen LogP contribution is -2.24. The van der Waals surface area contributed by atoms with Crippen molar-refractivity contribution >= 4 is 27.3 Å². The largest absolute Gasteiger partial charge is 0.283 e. The van der Waals surface area contributed by atoms with Crippen molar-refractivity contribution < 1.29 is 8.42 Å². The molecule has 1 rings (SSSR count). The van der Waals surface area contributed by atoms with E-state index in [0.717, 1.165) is 0 Å². The van der Waals surface area contributed by atoms with E-state index in [4.69, 9.17) is 11.6 Å². The Kier molecular flexibility index (Phi) is 3.99. The SMILES string of the molecule is CC[C@@H](C)S(=O)(=O)Nc1cccc(Cl)c1. The second-order valence-corrected chi connectivity index (χ2v) is 5.91. The van der Waals surface area contributed by atoms with Gasteiger partial charge >= 0.3 is 0 Å². The quantitative estimate of drug-likeness (QED) is 0.889. The molecule has 0 saturated carbocycles. The molecule has 0 aliphatic rings. The Morgan fingerprint density at radius 3 is 2.67 bits per heavy atom. The molecule has 1 N–H and O–H groups in total. The summed E-state index contributed by atoms with van der Waals surface area (Å²) in [6, 6.07) is 6.66. The van der Waals surface area contributed by atoms with Gasteiger partial charge in [-0.1, -0.05) is 24.6 Å². The zero-order valence-corrected chi connectivity index (χ0v) is 10.3. The van der Waals surface area contributed by atoms with Gasteiger partial charge in [0, 0.05) is 10.7 Å². The molecule has 1 atom stereocenters. The van der Waals surface area contributed by atoms with Gasteiger partial charge in [-0.05, 0) is 31.5 Å². The van der Waals surface area contributed by atoms with E-state index in [9.17, 15) is 8.42 Å². The van der Waals surface area contributed by atoms with Crippen molar-refractivity contribution in [3.8, 4) is 0 Å². The maximum atomic E-state index is 11.7. The van der Waals surface area contributed by atoms with Gasteiger partial charge in [0.25, 0.3) is 0 Å². The van der Waals surface area contributed by atoms with E-state index >= 15 is 0 Å². The molecule has 0 saturated heterocycles. The van der Waals surface area contributed by atoms with Crippen LogP contribution >= 0.6 is 11.6 Å². The third kappa shape index (κ3) is 3.39. The second kappa shape index (κ2) is 4.86. The third-order valence-corrected chi connectivity index (χ3v) is 4.34. The van der Waals surface area contributed by atoms with Gasteiger partial charge in [0.1, 0.15) is 0 Å². The van der Waals surface area contributed by atoms with Crippen LogP contribution in [0.3, 0.4) is 0 Å². The lowest BCUT2D eigenvalue weighted by atomic mass is 10.3. The molecule has 0 aromatic heterocycles. The van der Waals surface area contributed by atoms with Gasteiger partial charge in [-0.15, -0.1) is 0 Å². The highest BCUT2D eigenvalue weighted by Gasteiger charge is 2.18. The summed E-state index contributed by atoms with van der Waals surface area (Å²) < 4.78 is 25.9. The lowest BCUT2D eigenvalue weighted by molar-refractivity contribution is 0.586. The van der Waals surface area contributed by atoms with Crippen molar-refractivity contribution in [1.29, 1.82) is 0 Å². The fraction of sp³-hybridized carbons (Fsp3) is 0.400. The third-order valence-electron chi connectivity index (χ3n) is 2.19. The van der Waals surface area contributed by atoms with Gasteiger partial charge in [0.15, 0.2) is 0 Å². The molecule has 15 heavy (non-hydrogen) atoms. The molecular formula is C10H14ClNO2S. The predicted molar refractivity (Wildman–Crippen MR) is 63.7 cm³/mol. The molecule has 5 heteroatoms. The van der Waals surface area contributed by atoms with Crippen LogP contribution < -0.4 is 4.72 Å². The van der Waals surface area contributed by atoms with Crippen LogP contribution in [0.2, 0.25) is 5.02 Å². The van der Waals surface area contributed by atoms with E-state index in [-0.39, 0.29) is 0 Å². The van der Waals surface area contributed by atoms with Gasteiger partial charge in [0.2, 0.25) is 10.0 Å². The number of halogens is 1. The highest BCUT2D eigenvalue weighted by atomic mass is 35.5. The Labute approximate surface area is 95.5 Å². The minimum absolute atomic E-state index is 0.406. The summed E-state index contributed by atoms with van der Waals surface area (Å²) >= 11 is 5.75. The van der Waals surface area contributed by atoms with Crippen LogP contribution in [0, 0.1) is 0 Å². The molecule has 0 spiro atoms. The predicted octanol–water partition coefficient (Wildman–Crippen LogP) is 2.88. The van der Waals surface area contributed by atoms with Gasteiger partial charge < -0.3 is 0 Å². The molecule has 1 aromatic rings. The van der Waals surface area contributed by atoms with Crippen LogP contribution in [-0.2, 0) is 10.0 Å². The van der Waals surface area contributed by atoms with Gasteiger partial charge in [-0.3, -0.25) is 4.72 Å². The first kappa shape index (κ1) is 12.3. The number of nitrogens with one attached hydrogen (secondary N) is 1. The average Bonchev–Trinajstić information content (AvgIpc) is 2.15. The van der Waals surface area contributed by atoms with E-state index in [0.29, 0.717) is 17.1 Å². The Morgan fingerprint density at radius 1 is 1.47 bits per heavy atom. The second-order valence-electron chi connectivity index (χ2n) is 3.38. The maximum Gasteiger partial charge on any atom is 0.235 e. The van der Waals surface area contributed by atoms with E-state index in [2.05, 4.69) is 4.72 Å². The van der Waals surface area contributed by atoms with Crippen molar-refractivity contribution in [1.82, 2.24) is 0 Å². The Morgan fingerprint density at radius 2 is 2.13 bits per heavy atom. The minimum atomic E-state index is -3.29. The number of benzene rings is 1. The van der Waals surface area contributed by atoms with Crippen molar-refractivity contribution in [2.24, 2.45) is 0 Å². The van der Waals surface area contributed by atoms with Crippen LogP contribution in [-0.4, -0.2) is 13.7 Å². The molecule has 0 fully saturated rings. The first-order valence-corrected chi connectivity index (χ1v) is 6.65. The van der Waals surface area contributed by atoms with E-state index in [1.54, 1.807) is 31.2 Å². The topological polar surface area (TPSA) is 46.2 Å². The van der Waals surface area contributed by atoms with Crippen LogP contribution in [0.1, 0.15) is 20.3 Å². The lowest BCUT2D eigenvalue weighted by Gasteiger charge is -2.12. The maximum absolute atomic E-state index is 11.7. The molecular weight excluding hydrogens is 234 g/mol. The fourth-order valence-electron chi connectivity index (χ4n) is 1.04. The van der Waals surface area contributed by atoms with Gasteiger partial charge in [-0.2, -0.15) is 0 Å². The van der Waals surface area contributed by atoms with Gasteiger partial charge in [0.05, 0.1) is 5.25 Å². The molecule has 0 unspecified atom stereocenters. The van der Waals surface area contributed by atoms with Crippen molar-refractivity contribution in [2.75, 3.05) is 4.72 Å². The van der Waals surface area contributed by atoms with Crippen LogP contribution in [0.4, 0.5) is 5.69 Å². The number of rotatable bonds is 4. The zero-order chi connectivity index (χ0) is 11.5. The normalized spacial score (nSPS) is 13.5. The summed E-state index contributed by atoms with van der Waals surface area (Å²) in [6.07, 6.45) is 0.579. The average molecular weight is 248 g/mol. The van der Waals surface area contributed by atoms with E-state index in [1.165, 1.54) is 0 Å². The number of sulfonamides is 1. The highest BCUT2D eigenvalue weighted by molar-refractivity contribution is 7.93. The molecule has 3 nitrogen and oxygen atoms in total. The van der Waals surface area contributed by atoms with E-state index < -0.39 is 15.3 Å². The standard InChI is InChI=1S/C10H14ClNO2S/c1-3-8(2)15(13,14)12-10-6-4-5-9(11)7-10/h4-8,12H,3H2,1-2H3/t8-/m1/s1. The number of hydrogen-bond donors (Lipinski definition) is 1. The molecule has 0 aliphatic heterocycles. The summed E-state index contributed by atoms with van der Waals surface area (Å²) in [4.78, 5) is 0. The van der Waals surface area contributed by atoms with Crippen molar-refractivity contribution in [3.63, 3.8) is 0 Å².